The van der Waals surface area contributed by atoms with Crippen LogP contribution in [0.5, 0.6) is 0 Å². The molecule has 8 heteroatoms. The zero-order valence-corrected chi connectivity index (χ0v) is 13.8. The Morgan fingerprint density at radius 1 is 1.36 bits per heavy atom. The van der Waals surface area contributed by atoms with Crippen LogP contribution in [-0.4, -0.2) is 43.9 Å². The summed E-state index contributed by atoms with van der Waals surface area (Å²) in [5, 5.41) is 16.7. The molecule has 130 valence electrons. The van der Waals surface area contributed by atoms with Crippen LogP contribution in [0.4, 0.5) is 5.69 Å². The lowest BCUT2D eigenvalue weighted by Gasteiger charge is -2.22. The monoisotopic (exact) mass is 340 g/mol. The van der Waals surface area contributed by atoms with Crippen LogP contribution in [0.2, 0.25) is 0 Å². The number of rotatable bonds is 6. The summed E-state index contributed by atoms with van der Waals surface area (Å²) in [7, 11) is 0. The average Bonchev–Trinajstić information content (AvgIpc) is 3.31. The smallest absolute Gasteiger partial charge is 0.247 e. The molecule has 1 saturated heterocycles. The summed E-state index contributed by atoms with van der Waals surface area (Å²) in [5.41, 5.74) is 1.75. The zero-order valence-electron chi connectivity index (χ0n) is 13.8. The average molecular weight is 340 g/mol. The first-order chi connectivity index (χ1) is 12.2. The van der Waals surface area contributed by atoms with E-state index in [2.05, 4.69) is 32.5 Å². The number of carbonyl (C=O) groups excluding carboxylic acids is 2. The topological polar surface area (TPSA) is 104 Å². The number of aryl methyl sites for hydroxylation is 1. The summed E-state index contributed by atoms with van der Waals surface area (Å²) in [6.07, 6.45) is 4.10. The molecule has 1 atom stereocenters. The number of hydrogen-bond donors (Lipinski definition) is 2. The molecule has 0 aliphatic carbocycles. The fourth-order valence-electron chi connectivity index (χ4n) is 2.99. The Morgan fingerprint density at radius 2 is 2.16 bits per heavy atom. The molecular weight excluding hydrogens is 320 g/mol. The Kier molecular flexibility index (Phi) is 5.17. The van der Waals surface area contributed by atoms with Crippen molar-refractivity contribution in [3.05, 3.63) is 48.3 Å². The molecule has 0 saturated carbocycles. The van der Waals surface area contributed by atoms with Crippen molar-refractivity contribution >= 4 is 17.5 Å². The number of aromatic amines is 1. The van der Waals surface area contributed by atoms with Gasteiger partial charge < -0.3 is 10.2 Å². The van der Waals surface area contributed by atoms with E-state index in [1.165, 1.54) is 6.08 Å². The lowest BCUT2D eigenvalue weighted by molar-refractivity contribution is -0.132. The van der Waals surface area contributed by atoms with Crippen LogP contribution < -0.4 is 5.32 Å². The Bertz CT molecular complexity index is 741. The molecule has 3 rings (SSSR count). The van der Waals surface area contributed by atoms with Gasteiger partial charge in [-0.25, -0.2) is 0 Å². The van der Waals surface area contributed by atoms with Crippen LogP contribution in [0.3, 0.4) is 0 Å². The standard InChI is InChI=1S/C17H20N6O2/c1-2-15(24)18-13-8-5-12(6-9-13)7-10-16(25)23-11-3-4-14(23)17-19-21-22-20-17/h2,5-6,8-9,14H,1,3-4,7,10-11H2,(H,18,24)(H,19,20,21,22)/t14-/m0/s1. The third kappa shape index (κ3) is 4.09. The number of amides is 2. The minimum absolute atomic E-state index is 0.0808. The predicted octanol–water partition coefficient (Wildman–Crippen LogP) is 1.62. The lowest BCUT2D eigenvalue weighted by Crippen LogP contribution is -2.31. The molecule has 1 aromatic heterocycles. The zero-order chi connectivity index (χ0) is 17.6. The quantitative estimate of drug-likeness (QED) is 0.778. The SMILES string of the molecule is C=CC(=O)Nc1ccc(CCC(=O)N2CCC[C@H]2c2nn[nH]n2)cc1. The molecule has 1 aliphatic heterocycles. The van der Waals surface area contributed by atoms with E-state index in [0.717, 1.165) is 24.9 Å². The number of nitrogens with zero attached hydrogens (tertiary/aromatic N) is 4. The molecule has 25 heavy (non-hydrogen) atoms. The van der Waals surface area contributed by atoms with Crippen molar-refractivity contribution in [3.63, 3.8) is 0 Å². The Labute approximate surface area is 145 Å². The van der Waals surface area contributed by atoms with Crippen LogP contribution in [0, 0.1) is 0 Å². The highest BCUT2D eigenvalue weighted by Crippen LogP contribution is 2.29. The Balaban J connectivity index is 1.55. The maximum Gasteiger partial charge on any atom is 0.247 e. The first-order valence-electron chi connectivity index (χ1n) is 8.22. The van der Waals surface area contributed by atoms with Crippen molar-refractivity contribution in [1.82, 2.24) is 25.5 Å². The second-order valence-corrected chi connectivity index (χ2v) is 5.91. The van der Waals surface area contributed by atoms with Gasteiger partial charge >= 0.3 is 0 Å². The summed E-state index contributed by atoms with van der Waals surface area (Å²) in [4.78, 5) is 25.6. The highest BCUT2D eigenvalue weighted by molar-refractivity contribution is 5.98. The van der Waals surface area contributed by atoms with Gasteiger partial charge in [0.25, 0.3) is 0 Å². The number of hydrogen-bond acceptors (Lipinski definition) is 5. The number of benzene rings is 1. The van der Waals surface area contributed by atoms with E-state index >= 15 is 0 Å². The summed E-state index contributed by atoms with van der Waals surface area (Å²) < 4.78 is 0. The van der Waals surface area contributed by atoms with Crippen LogP contribution in [0.25, 0.3) is 0 Å². The molecule has 1 aromatic carbocycles. The largest absolute Gasteiger partial charge is 0.332 e. The number of H-pyrrole nitrogens is 1. The van der Waals surface area contributed by atoms with Gasteiger partial charge in [0.1, 0.15) is 0 Å². The van der Waals surface area contributed by atoms with E-state index in [-0.39, 0.29) is 17.9 Å². The fraction of sp³-hybridized carbons (Fsp3) is 0.353. The number of tetrazole rings is 1. The second kappa shape index (κ2) is 7.69. The molecule has 2 N–H and O–H groups in total. The van der Waals surface area contributed by atoms with E-state index in [0.29, 0.717) is 24.4 Å². The molecule has 0 radical (unpaired) electrons. The van der Waals surface area contributed by atoms with Crippen LogP contribution >= 0.6 is 0 Å². The van der Waals surface area contributed by atoms with Crippen molar-refractivity contribution in [2.75, 3.05) is 11.9 Å². The van der Waals surface area contributed by atoms with Crippen LogP contribution in [0.15, 0.2) is 36.9 Å². The van der Waals surface area contributed by atoms with Gasteiger partial charge in [-0.1, -0.05) is 23.9 Å². The molecule has 2 aromatic rings. The van der Waals surface area contributed by atoms with E-state index in [1.807, 2.05) is 29.2 Å². The highest BCUT2D eigenvalue weighted by Gasteiger charge is 2.32. The van der Waals surface area contributed by atoms with E-state index < -0.39 is 0 Å². The minimum atomic E-state index is -0.246. The van der Waals surface area contributed by atoms with Gasteiger partial charge in [-0.05, 0) is 43.0 Å². The van der Waals surface area contributed by atoms with Crippen LogP contribution in [-0.2, 0) is 16.0 Å². The van der Waals surface area contributed by atoms with Gasteiger partial charge in [-0.15, -0.1) is 10.2 Å². The third-order valence-electron chi connectivity index (χ3n) is 4.27. The fourth-order valence-corrected chi connectivity index (χ4v) is 2.99. The maximum atomic E-state index is 12.5. The molecule has 8 nitrogen and oxygen atoms in total. The molecule has 0 bridgehead atoms. The van der Waals surface area contributed by atoms with Gasteiger partial charge in [-0.2, -0.15) is 5.21 Å². The van der Waals surface area contributed by atoms with Crippen molar-refractivity contribution in [2.45, 2.75) is 31.7 Å². The summed E-state index contributed by atoms with van der Waals surface area (Å²) >= 11 is 0. The van der Waals surface area contributed by atoms with Gasteiger partial charge in [0, 0.05) is 18.7 Å². The van der Waals surface area contributed by atoms with Gasteiger partial charge in [0.2, 0.25) is 11.8 Å². The molecule has 2 amide bonds. The highest BCUT2D eigenvalue weighted by atomic mass is 16.2. The molecule has 1 aliphatic rings. The lowest BCUT2D eigenvalue weighted by atomic mass is 10.1. The second-order valence-electron chi connectivity index (χ2n) is 5.91. The third-order valence-corrected chi connectivity index (χ3v) is 4.27. The summed E-state index contributed by atoms with van der Waals surface area (Å²) in [5.74, 6) is 0.425. The van der Waals surface area contributed by atoms with Gasteiger partial charge in [0.05, 0.1) is 6.04 Å². The van der Waals surface area contributed by atoms with Crippen molar-refractivity contribution in [1.29, 1.82) is 0 Å². The molecule has 1 fully saturated rings. The number of nitrogens with one attached hydrogen (secondary N) is 2. The van der Waals surface area contributed by atoms with E-state index in [1.54, 1.807) is 0 Å². The summed E-state index contributed by atoms with van der Waals surface area (Å²) in [6.45, 7) is 4.14. The number of likely N-dealkylation sites (tertiary alicyclic amines) is 1. The Morgan fingerprint density at radius 3 is 2.84 bits per heavy atom. The van der Waals surface area contributed by atoms with Crippen molar-refractivity contribution in [3.8, 4) is 0 Å². The molecule has 0 unspecified atom stereocenters. The summed E-state index contributed by atoms with van der Waals surface area (Å²) in [6, 6.07) is 7.38. The van der Waals surface area contributed by atoms with Crippen molar-refractivity contribution < 1.29 is 9.59 Å². The van der Waals surface area contributed by atoms with Gasteiger partial charge in [-0.3, -0.25) is 9.59 Å². The maximum absolute atomic E-state index is 12.5. The molecule has 2 heterocycles. The van der Waals surface area contributed by atoms with Crippen molar-refractivity contribution in [2.24, 2.45) is 0 Å². The first-order valence-corrected chi connectivity index (χ1v) is 8.22. The van der Waals surface area contributed by atoms with E-state index in [9.17, 15) is 9.59 Å². The Hall–Kier alpha value is -3.03. The number of carbonyl (C=O) groups is 2. The number of aromatic nitrogens is 4. The van der Waals surface area contributed by atoms with Gasteiger partial charge in [0.15, 0.2) is 5.82 Å². The molecule has 0 spiro atoms. The predicted molar refractivity (Wildman–Crippen MR) is 91.5 cm³/mol. The number of anilines is 1. The minimum Gasteiger partial charge on any atom is -0.332 e. The first kappa shape index (κ1) is 16.8. The normalized spacial score (nSPS) is 16.6. The van der Waals surface area contributed by atoms with Crippen LogP contribution in [0.1, 0.15) is 36.7 Å². The molecular formula is C17H20N6O2. The van der Waals surface area contributed by atoms with E-state index in [4.69, 9.17) is 0 Å².